The topological polar surface area (TPSA) is 81.6 Å². The number of aromatic nitrogens is 4. The van der Waals surface area contributed by atoms with E-state index < -0.39 is 0 Å². The first-order chi connectivity index (χ1) is 8.13. The lowest BCUT2D eigenvalue weighted by Gasteiger charge is -2.13. The first-order valence-electron chi connectivity index (χ1n) is 5.41. The molecule has 0 aliphatic carbocycles. The Bertz CT molecular complexity index is 488. The molecule has 1 atom stereocenters. The Labute approximate surface area is 104 Å². The van der Waals surface area contributed by atoms with Crippen molar-refractivity contribution in [2.24, 2.45) is 12.9 Å². The van der Waals surface area contributed by atoms with E-state index in [9.17, 15) is 0 Å². The van der Waals surface area contributed by atoms with Crippen LogP contribution in [-0.4, -0.2) is 19.4 Å². The van der Waals surface area contributed by atoms with E-state index in [2.05, 4.69) is 34.0 Å². The number of rotatable bonds is 4. The number of aryl methyl sites for hydroxylation is 1. The Kier molecular flexibility index (Phi) is 3.51. The summed E-state index contributed by atoms with van der Waals surface area (Å²) in [5.41, 5.74) is 4.64. The third-order valence-electron chi connectivity index (χ3n) is 2.55. The van der Waals surface area contributed by atoms with Crippen molar-refractivity contribution in [3.8, 4) is 0 Å². The molecule has 0 radical (unpaired) electrons. The number of hydrogen-bond acceptors (Lipinski definition) is 6. The van der Waals surface area contributed by atoms with Crippen LogP contribution in [0.4, 0.5) is 0 Å². The predicted molar refractivity (Wildman–Crippen MR) is 66.4 cm³/mol. The van der Waals surface area contributed by atoms with Gasteiger partial charge in [0.25, 0.3) is 0 Å². The van der Waals surface area contributed by atoms with Gasteiger partial charge in [0.1, 0.15) is 6.04 Å². The van der Waals surface area contributed by atoms with Crippen molar-refractivity contribution >= 4 is 11.5 Å². The third kappa shape index (κ3) is 2.36. The molecule has 0 aliphatic heterocycles. The first-order valence-corrected chi connectivity index (χ1v) is 6.18. The van der Waals surface area contributed by atoms with Crippen molar-refractivity contribution in [3.63, 3.8) is 0 Å². The predicted octanol–water partition coefficient (Wildman–Crippen LogP) is 0.948. The highest BCUT2D eigenvalue weighted by Gasteiger charge is 2.23. The summed E-state index contributed by atoms with van der Waals surface area (Å²) in [6, 6.07) is 1.79. The van der Waals surface area contributed by atoms with E-state index in [4.69, 9.17) is 5.84 Å². The first kappa shape index (κ1) is 12.2. The second kappa shape index (κ2) is 4.91. The van der Waals surface area contributed by atoms with Crippen LogP contribution < -0.4 is 11.3 Å². The Morgan fingerprint density at radius 2 is 2.24 bits per heavy atom. The molecule has 0 aliphatic rings. The van der Waals surface area contributed by atoms with Gasteiger partial charge < -0.3 is 0 Å². The molecule has 0 amide bonds. The minimum atomic E-state index is -0.145. The molecule has 0 spiro atoms. The lowest BCUT2D eigenvalue weighted by molar-refractivity contribution is 0.601. The van der Waals surface area contributed by atoms with E-state index in [0.717, 1.165) is 16.3 Å². The van der Waals surface area contributed by atoms with E-state index >= 15 is 0 Å². The molecule has 0 bridgehead atoms. The van der Waals surface area contributed by atoms with Crippen LogP contribution in [0.25, 0.3) is 0 Å². The fraction of sp³-hybridized carbons (Fsp3) is 0.500. The number of hydrazine groups is 1. The van der Waals surface area contributed by atoms with Gasteiger partial charge in [-0.05, 0) is 23.5 Å². The average molecular weight is 252 g/mol. The second-order valence-electron chi connectivity index (χ2n) is 4.19. The van der Waals surface area contributed by atoms with Crippen LogP contribution in [0.3, 0.4) is 0 Å². The molecule has 6 nitrogen and oxygen atoms in total. The number of nitrogens with one attached hydrogen (secondary N) is 1. The van der Waals surface area contributed by atoms with Crippen molar-refractivity contribution in [2.45, 2.75) is 25.8 Å². The molecular weight excluding hydrogens is 236 g/mol. The van der Waals surface area contributed by atoms with E-state index in [1.54, 1.807) is 4.68 Å². The molecule has 2 rings (SSSR count). The zero-order valence-electron chi connectivity index (χ0n) is 10.1. The van der Waals surface area contributed by atoms with Crippen molar-refractivity contribution < 1.29 is 0 Å². The Morgan fingerprint density at radius 1 is 1.47 bits per heavy atom. The molecule has 0 fully saturated rings. The highest BCUT2D eigenvalue weighted by molar-refractivity contribution is 7.05. The van der Waals surface area contributed by atoms with Gasteiger partial charge in [0.05, 0.1) is 16.3 Å². The molecule has 0 saturated heterocycles. The van der Waals surface area contributed by atoms with Crippen LogP contribution in [0.1, 0.15) is 42.1 Å². The summed E-state index contributed by atoms with van der Waals surface area (Å²) in [4.78, 5) is 1.03. The molecule has 0 aromatic carbocycles. The van der Waals surface area contributed by atoms with Gasteiger partial charge in [-0.3, -0.25) is 10.5 Å². The molecule has 17 heavy (non-hydrogen) atoms. The Hall–Kier alpha value is -1.31. The number of hydrogen-bond donors (Lipinski definition) is 2. The van der Waals surface area contributed by atoms with Crippen LogP contribution in [0.5, 0.6) is 0 Å². The maximum Gasteiger partial charge on any atom is 0.103 e. The fourth-order valence-corrected chi connectivity index (χ4v) is 2.57. The fourth-order valence-electron chi connectivity index (χ4n) is 1.69. The van der Waals surface area contributed by atoms with E-state index in [1.165, 1.54) is 11.5 Å². The minimum Gasteiger partial charge on any atom is -0.275 e. The Balaban J connectivity index is 2.38. The molecule has 2 heterocycles. The summed E-state index contributed by atoms with van der Waals surface area (Å²) in [5.74, 6) is 5.95. The summed E-state index contributed by atoms with van der Waals surface area (Å²) in [5, 5.41) is 8.52. The largest absolute Gasteiger partial charge is 0.275 e. The highest BCUT2D eigenvalue weighted by atomic mass is 32.1. The molecule has 3 N–H and O–H groups in total. The zero-order chi connectivity index (χ0) is 12.4. The maximum atomic E-state index is 5.63. The minimum absolute atomic E-state index is 0.145. The smallest absolute Gasteiger partial charge is 0.103 e. The summed E-state index contributed by atoms with van der Waals surface area (Å²) >= 11 is 1.36. The average Bonchev–Trinajstić information content (AvgIpc) is 2.89. The van der Waals surface area contributed by atoms with Crippen molar-refractivity contribution in [1.82, 2.24) is 24.8 Å². The SMILES string of the molecule is CC(C)c1nnsc1C(NN)c1ccn(C)n1. The molecule has 1 unspecified atom stereocenters. The molecule has 2 aromatic rings. The maximum absolute atomic E-state index is 5.63. The van der Waals surface area contributed by atoms with Gasteiger partial charge in [0.15, 0.2) is 0 Å². The van der Waals surface area contributed by atoms with Crippen molar-refractivity contribution in [2.75, 3.05) is 0 Å². The molecule has 0 saturated carbocycles. The standard InChI is InChI=1S/C10H16N6S/c1-6(2)8-10(17-15-13-8)9(12-11)7-4-5-16(3)14-7/h4-6,9,12H,11H2,1-3H3. The molecule has 92 valence electrons. The van der Waals surface area contributed by atoms with Crippen LogP contribution in [0.2, 0.25) is 0 Å². The Morgan fingerprint density at radius 3 is 2.76 bits per heavy atom. The van der Waals surface area contributed by atoms with Crippen LogP contribution in [-0.2, 0) is 7.05 Å². The van der Waals surface area contributed by atoms with E-state index in [0.29, 0.717) is 5.92 Å². The van der Waals surface area contributed by atoms with E-state index in [1.807, 2.05) is 19.3 Å². The van der Waals surface area contributed by atoms with Gasteiger partial charge in [-0.1, -0.05) is 18.3 Å². The summed E-state index contributed by atoms with van der Waals surface area (Å²) in [6.07, 6.45) is 1.89. The van der Waals surface area contributed by atoms with Gasteiger partial charge >= 0.3 is 0 Å². The number of nitrogens with two attached hydrogens (primary N) is 1. The quantitative estimate of drug-likeness (QED) is 0.625. The highest BCUT2D eigenvalue weighted by Crippen LogP contribution is 2.29. The summed E-state index contributed by atoms with van der Waals surface area (Å²) < 4.78 is 5.76. The molecule has 7 heteroatoms. The lowest BCUT2D eigenvalue weighted by Crippen LogP contribution is -2.29. The van der Waals surface area contributed by atoms with Crippen molar-refractivity contribution in [3.05, 3.63) is 28.5 Å². The van der Waals surface area contributed by atoms with Crippen molar-refractivity contribution in [1.29, 1.82) is 0 Å². The third-order valence-corrected chi connectivity index (χ3v) is 3.35. The van der Waals surface area contributed by atoms with Crippen LogP contribution in [0, 0.1) is 0 Å². The van der Waals surface area contributed by atoms with Crippen LogP contribution in [0.15, 0.2) is 12.3 Å². The van der Waals surface area contributed by atoms with Gasteiger partial charge in [-0.2, -0.15) is 5.10 Å². The second-order valence-corrected chi connectivity index (χ2v) is 4.98. The normalized spacial score (nSPS) is 13.2. The van der Waals surface area contributed by atoms with Gasteiger partial charge in [-0.15, -0.1) is 5.10 Å². The van der Waals surface area contributed by atoms with Gasteiger partial charge in [0, 0.05) is 13.2 Å². The monoisotopic (exact) mass is 252 g/mol. The molecular formula is C10H16N6S. The zero-order valence-corrected chi connectivity index (χ0v) is 10.9. The summed E-state index contributed by atoms with van der Waals surface area (Å²) in [6.45, 7) is 4.18. The lowest BCUT2D eigenvalue weighted by atomic mass is 10.0. The van der Waals surface area contributed by atoms with Crippen LogP contribution >= 0.6 is 11.5 Å². The summed E-state index contributed by atoms with van der Waals surface area (Å²) in [7, 11) is 1.88. The molecule has 2 aromatic heterocycles. The van der Waals surface area contributed by atoms with Gasteiger partial charge in [0.2, 0.25) is 0 Å². The number of nitrogens with zero attached hydrogens (tertiary/aromatic N) is 4. The van der Waals surface area contributed by atoms with Gasteiger partial charge in [-0.25, -0.2) is 5.43 Å². The van der Waals surface area contributed by atoms with E-state index in [-0.39, 0.29) is 6.04 Å².